The molecule has 4 heteroatoms. The minimum Gasteiger partial charge on any atom is -0.312 e. The minimum absolute atomic E-state index is 0.254. The Morgan fingerprint density at radius 2 is 1.80 bits per heavy atom. The van der Waals surface area contributed by atoms with Gasteiger partial charge < -0.3 is 9.47 Å². The number of ether oxygens (including phenoxy) is 2. The molecule has 56 valence electrons. The SMILES string of the molecule is N#CC1(F)OCCCCO1. The summed E-state index contributed by atoms with van der Waals surface area (Å²) in [4.78, 5) is 0. The molecule has 1 aliphatic heterocycles. The monoisotopic (exact) mass is 145 g/mol. The maximum Gasteiger partial charge on any atom is 0.413 e. The van der Waals surface area contributed by atoms with Gasteiger partial charge in [0.2, 0.25) is 0 Å². The molecule has 0 aromatic carbocycles. The topological polar surface area (TPSA) is 42.2 Å². The fourth-order valence-corrected chi connectivity index (χ4v) is 0.717. The van der Waals surface area contributed by atoms with E-state index >= 15 is 0 Å². The van der Waals surface area contributed by atoms with Gasteiger partial charge >= 0.3 is 6.04 Å². The van der Waals surface area contributed by atoms with Crippen molar-refractivity contribution in [3.05, 3.63) is 0 Å². The van der Waals surface area contributed by atoms with Crippen molar-refractivity contribution < 1.29 is 13.9 Å². The summed E-state index contributed by atoms with van der Waals surface area (Å²) in [5.74, 6) is 0. The van der Waals surface area contributed by atoms with Crippen molar-refractivity contribution in [2.45, 2.75) is 18.9 Å². The van der Waals surface area contributed by atoms with Crippen molar-refractivity contribution in [3.8, 4) is 6.07 Å². The van der Waals surface area contributed by atoms with Crippen molar-refractivity contribution in [2.24, 2.45) is 0 Å². The third-order valence-electron chi connectivity index (χ3n) is 1.25. The molecule has 3 nitrogen and oxygen atoms in total. The van der Waals surface area contributed by atoms with Gasteiger partial charge in [-0.05, 0) is 12.8 Å². The van der Waals surface area contributed by atoms with Gasteiger partial charge in [0.15, 0.2) is 6.07 Å². The van der Waals surface area contributed by atoms with Crippen LogP contribution in [0.1, 0.15) is 12.8 Å². The van der Waals surface area contributed by atoms with Crippen molar-refractivity contribution in [1.29, 1.82) is 5.26 Å². The molecule has 0 aromatic heterocycles. The summed E-state index contributed by atoms with van der Waals surface area (Å²) in [7, 11) is 0. The molecule has 1 aliphatic rings. The average Bonchev–Trinajstić information content (AvgIpc) is 2.15. The Balaban J connectivity index is 2.51. The van der Waals surface area contributed by atoms with Crippen molar-refractivity contribution in [2.75, 3.05) is 13.2 Å². The lowest BCUT2D eigenvalue weighted by Crippen LogP contribution is -2.27. The zero-order valence-corrected chi connectivity index (χ0v) is 5.47. The highest BCUT2D eigenvalue weighted by Gasteiger charge is 2.33. The zero-order chi connectivity index (χ0) is 7.45. The van der Waals surface area contributed by atoms with E-state index in [9.17, 15) is 4.39 Å². The molecule has 0 spiro atoms. The molecule has 0 N–H and O–H groups in total. The molecule has 1 saturated heterocycles. The first kappa shape index (κ1) is 7.45. The fraction of sp³-hybridized carbons (Fsp3) is 0.833. The van der Waals surface area contributed by atoms with E-state index in [0.29, 0.717) is 0 Å². The highest BCUT2D eigenvalue weighted by Crippen LogP contribution is 2.18. The Hall–Kier alpha value is -0.660. The Bertz CT molecular complexity index is 146. The number of nitriles is 1. The van der Waals surface area contributed by atoms with E-state index in [4.69, 9.17) is 5.26 Å². The molecule has 0 aromatic rings. The smallest absolute Gasteiger partial charge is 0.312 e. The predicted octanol–water partition coefficient (Wildman–Crippen LogP) is 0.960. The molecule has 10 heavy (non-hydrogen) atoms. The molecule has 0 unspecified atom stereocenters. The minimum atomic E-state index is -2.49. The lowest BCUT2D eigenvalue weighted by molar-refractivity contribution is -0.266. The molecule has 0 aliphatic carbocycles. The van der Waals surface area contributed by atoms with Crippen LogP contribution in [0.15, 0.2) is 0 Å². The Morgan fingerprint density at radius 1 is 1.30 bits per heavy atom. The van der Waals surface area contributed by atoms with Gasteiger partial charge in [0, 0.05) is 0 Å². The van der Waals surface area contributed by atoms with Crippen LogP contribution >= 0.6 is 0 Å². The van der Waals surface area contributed by atoms with Crippen molar-refractivity contribution >= 4 is 0 Å². The normalized spacial score (nSPS) is 24.8. The summed E-state index contributed by atoms with van der Waals surface area (Å²) in [5, 5.41) is 8.20. The van der Waals surface area contributed by atoms with Crippen LogP contribution in [0.3, 0.4) is 0 Å². The highest BCUT2D eigenvalue weighted by atomic mass is 19.2. The summed E-state index contributed by atoms with van der Waals surface area (Å²) in [5.41, 5.74) is 0. The van der Waals surface area contributed by atoms with E-state index < -0.39 is 6.04 Å². The van der Waals surface area contributed by atoms with Gasteiger partial charge in [-0.1, -0.05) is 0 Å². The quantitative estimate of drug-likeness (QED) is 0.509. The van der Waals surface area contributed by atoms with Crippen LogP contribution in [-0.2, 0) is 9.47 Å². The van der Waals surface area contributed by atoms with Gasteiger partial charge in [0.25, 0.3) is 0 Å². The van der Waals surface area contributed by atoms with Crippen LogP contribution in [0.25, 0.3) is 0 Å². The van der Waals surface area contributed by atoms with Crippen LogP contribution in [0, 0.1) is 11.3 Å². The van der Waals surface area contributed by atoms with Crippen LogP contribution in [0.4, 0.5) is 4.39 Å². The Labute approximate surface area is 58.3 Å². The second-order valence-electron chi connectivity index (χ2n) is 2.05. The number of hydrogen-bond acceptors (Lipinski definition) is 3. The summed E-state index contributed by atoms with van der Waals surface area (Å²) in [6, 6.07) is -1.18. The molecule has 0 bridgehead atoms. The molecule has 0 amide bonds. The van der Waals surface area contributed by atoms with Crippen LogP contribution < -0.4 is 0 Å². The summed E-state index contributed by atoms with van der Waals surface area (Å²) >= 11 is 0. The molecule has 0 saturated carbocycles. The largest absolute Gasteiger partial charge is 0.413 e. The van der Waals surface area contributed by atoms with Crippen LogP contribution in [-0.4, -0.2) is 19.3 Å². The molecule has 1 heterocycles. The second kappa shape index (κ2) is 2.95. The van der Waals surface area contributed by atoms with Gasteiger partial charge in [0.05, 0.1) is 13.2 Å². The highest BCUT2D eigenvalue weighted by molar-refractivity contribution is 4.85. The van der Waals surface area contributed by atoms with Gasteiger partial charge in [0.1, 0.15) is 0 Å². The van der Waals surface area contributed by atoms with E-state index in [-0.39, 0.29) is 13.2 Å². The van der Waals surface area contributed by atoms with E-state index in [0.717, 1.165) is 12.8 Å². The van der Waals surface area contributed by atoms with Crippen molar-refractivity contribution in [1.82, 2.24) is 0 Å². The van der Waals surface area contributed by atoms with Crippen LogP contribution in [0.2, 0.25) is 0 Å². The van der Waals surface area contributed by atoms with Crippen molar-refractivity contribution in [3.63, 3.8) is 0 Å². The summed E-state index contributed by atoms with van der Waals surface area (Å²) in [6.45, 7) is 0.508. The number of hydrogen-bond donors (Lipinski definition) is 0. The molecule has 0 atom stereocenters. The standard InChI is InChI=1S/C6H8FNO2/c7-6(5-8)9-3-1-2-4-10-6/h1-4H2. The second-order valence-corrected chi connectivity index (χ2v) is 2.05. The third-order valence-corrected chi connectivity index (χ3v) is 1.25. The van der Waals surface area contributed by atoms with E-state index in [1.54, 1.807) is 0 Å². The number of rotatable bonds is 0. The van der Waals surface area contributed by atoms with E-state index in [2.05, 4.69) is 9.47 Å². The molecular weight excluding hydrogens is 137 g/mol. The molecule has 1 fully saturated rings. The van der Waals surface area contributed by atoms with Gasteiger partial charge in [-0.25, -0.2) is 0 Å². The maximum atomic E-state index is 12.8. The molecule has 1 rings (SSSR count). The average molecular weight is 145 g/mol. The first-order valence-electron chi connectivity index (χ1n) is 3.15. The molecule has 0 radical (unpaired) electrons. The fourth-order valence-electron chi connectivity index (χ4n) is 0.717. The number of nitrogens with zero attached hydrogens (tertiary/aromatic N) is 1. The number of alkyl halides is 1. The molecular formula is C6H8FNO2. The Kier molecular flexibility index (Phi) is 2.20. The van der Waals surface area contributed by atoms with Gasteiger partial charge in [-0.15, -0.1) is 0 Å². The van der Waals surface area contributed by atoms with E-state index in [1.807, 2.05) is 0 Å². The number of halogens is 1. The van der Waals surface area contributed by atoms with E-state index in [1.165, 1.54) is 6.07 Å². The summed E-state index contributed by atoms with van der Waals surface area (Å²) < 4.78 is 21.7. The Morgan fingerprint density at radius 3 is 2.20 bits per heavy atom. The third kappa shape index (κ3) is 1.66. The first-order valence-corrected chi connectivity index (χ1v) is 3.15. The lowest BCUT2D eigenvalue weighted by atomic mass is 10.3. The first-order chi connectivity index (χ1) is 4.77. The van der Waals surface area contributed by atoms with Gasteiger partial charge in [-0.3, -0.25) is 0 Å². The zero-order valence-electron chi connectivity index (χ0n) is 5.47. The van der Waals surface area contributed by atoms with Crippen LogP contribution in [0.5, 0.6) is 0 Å². The van der Waals surface area contributed by atoms with Gasteiger partial charge in [-0.2, -0.15) is 9.65 Å². The lowest BCUT2D eigenvalue weighted by Gasteiger charge is -2.13. The maximum absolute atomic E-state index is 12.8. The summed E-state index contributed by atoms with van der Waals surface area (Å²) in [6.07, 6.45) is 1.49. The predicted molar refractivity (Wildman–Crippen MR) is 30.6 cm³/mol.